The molecule has 0 aliphatic heterocycles. The fourth-order valence-electron chi connectivity index (χ4n) is 1.99. The Morgan fingerprint density at radius 3 is 2.58 bits per heavy atom. The van der Waals surface area contributed by atoms with E-state index in [-0.39, 0.29) is 0 Å². The third-order valence-corrected chi connectivity index (χ3v) is 2.87. The molecule has 2 rings (SSSR count). The SMILES string of the molecule is CCNc1cc(C)nc(-c2ccc(OC)c(C)c2)n1. The summed E-state index contributed by atoms with van der Waals surface area (Å²) in [6, 6.07) is 7.92. The summed E-state index contributed by atoms with van der Waals surface area (Å²) >= 11 is 0. The molecule has 1 aromatic carbocycles. The maximum atomic E-state index is 5.27. The van der Waals surface area contributed by atoms with Crippen LogP contribution in [0.4, 0.5) is 5.82 Å². The van der Waals surface area contributed by atoms with Gasteiger partial charge in [-0.3, -0.25) is 0 Å². The van der Waals surface area contributed by atoms with Crippen LogP contribution < -0.4 is 10.1 Å². The summed E-state index contributed by atoms with van der Waals surface area (Å²) in [5.74, 6) is 2.48. The van der Waals surface area contributed by atoms with Crippen LogP contribution in [-0.2, 0) is 0 Å². The Bertz CT molecular complexity index is 582. The number of aromatic nitrogens is 2. The van der Waals surface area contributed by atoms with E-state index in [1.54, 1.807) is 7.11 Å². The fraction of sp³-hybridized carbons (Fsp3) is 0.333. The molecule has 2 aromatic rings. The van der Waals surface area contributed by atoms with Crippen molar-refractivity contribution >= 4 is 5.82 Å². The zero-order chi connectivity index (χ0) is 13.8. The van der Waals surface area contributed by atoms with Gasteiger partial charge in [-0.1, -0.05) is 0 Å². The minimum atomic E-state index is 0.738. The van der Waals surface area contributed by atoms with Crippen molar-refractivity contribution in [1.82, 2.24) is 9.97 Å². The van der Waals surface area contributed by atoms with E-state index in [1.165, 1.54) is 0 Å². The van der Waals surface area contributed by atoms with E-state index < -0.39 is 0 Å². The van der Waals surface area contributed by atoms with E-state index in [9.17, 15) is 0 Å². The predicted octanol–water partition coefficient (Wildman–Crippen LogP) is 3.20. The first-order valence-corrected chi connectivity index (χ1v) is 6.38. The average Bonchev–Trinajstić information content (AvgIpc) is 2.38. The maximum Gasteiger partial charge on any atom is 0.161 e. The highest BCUT2D eigenvalue weighted by atomic mass is 16.5. The van der Waals surface area contributed by atoms with E-state index in [0.717, 1.165) is 40.8 Å². The molecule has 4 heteroatoms. The summed E-state index contributed by atoms with van der Waals surface area (Å²) in [6.45, 7) is 6.89. The number of nitrogens with zero attached hydrogens (tertiary/aromatic N) is 2. The van der Waals surface area contributed by atoms with Crippen LogP contribution in [0.5, 0.6) is 5.75 Å². The number of hydrogen-bond donors (Lipinski definition) is 1. The molecule has 0 radical (unpaired) electrons. The van der Waals surface area contributed by atoms with Gasteiger partial charge in [0.2, 0.25) is 0 Å². The Balaban J connectivity index is 2.43. The second kappa shape index (κ2) is 5.69. The normalized spacial score (nSPS) is 10.3. The summed E-state index contributed by atoms with van der Waals surface area (Å²) in [7, 11) is 1.68. The first-order valence-electron chi connectivity index (χ1n) is 6.38. The highest BCUT2D eigenvalue weighted by Crippen LogP contribution is 2.24. The third kappa shape index (κ3) is 3.02. The third-order valence-electron chi connectivity index (χ3n) is 2.87. The number of anilines is 1. The quantitative estimate of drug-likeness (QED) is 0.913. The molecule has 0 saturated heterocycles. The van der Waals surface area contributed by atoms with E-state index in [4.69, 9.17) is 4.74 Å². The van der Waals surface area contributed by atoms with Gasteiger partial charge in [0.05, 0.1) is 7.11 Å². The molecular formula is C15H19N3O. The number of methoxy groups -OCH3 is 1. The van der Waals surface area contributed by atoms with Gasteiger partial charge in [0, 0.05) is 23.9 Å². The van der Waals surface area contributed by atoms with Gasteiger partial charge in [0.1, 0.15) is 11.6 Å². The summed E-state index contributed by atoms with van der Waals surface area (Å²) in [5.41, 5.74) is 3.03. The van der Waals surface area contributed by atoms with Gasteiger partial charge in [-0.2, -0.15) is 0 Å². The lowest BCUT2D eigenvalue weighted by Crippen LogP contribution is -2.02. The molecule has 0 spiro atoms. The lowest BCUT2D eigenvalue weighted by atomic mass is 10.1. The molecule has 0 bridgehead atoms. The molecule has 0 aliphatic rings. The molecule has 1 heterocycles. The Labute approximate surface area is 113 Å². The van der Waals surface area contributed by atoms with E-state index in [1.807, 2.05) is 38.1 Å². The van der Waals surface area contributed by atoms with Crippen molar-refractivity contribution < 1.29 is 4.74 Å². The first-order chi connectivity index (χ1) is 9.13. The van der Waals surface area contributed by atoms with Crippen LogP contribution in [0, 0.1) is 13.8 Å². The Morgan fingerprint density at radius 2 is 1.95 bits per heavy atom. The topological polar surface area (TPSA) is 47.0 Å². The molecular weight excluding hydrogens is 238 g/mol. The standard InChI is InChI=1S/C15H19N3O/c1-5-16-14-9-11(3)17-15(18-14)12-6-7-13(19-4)10(2)8-12/h6-9H,5H2,1-4H3,(H,16,17,18). The minimum Gasteiger partial charge on any atom is -0.496 e. The lowest BCUT2D eigenvalue weighted by Gasteiger charge is -2.09. The summed E-state index contributed by atoms with van der Waals surface area (Å²) in [4.78, 5) is 9.02. The van der Waals surface area contributed by atoms with Crippen molar-refractivity contribution in [2.45, 2.75) is 20.8 Å². The summed E-state index contributed by atoms with van der Waals surface area (Å²) in [5, 5.41) is 3.22. The van der Waals surface area contributed by atoms with Crippen LogP contribution in [0.25, 0.3) is 11.4 Å². The van der Waals surface area contributed by atoms with Gasteiger partial charge in [0.25, 0.3) is 0 Å². The predicted molar refractivity (Wildman–Crippen MR) is 77.7 cm³/mol. The van der Waals surface area contributed by atoms with Crippen molar-refractivity contribution in [3.8, 4) is 17.1 Å². The summed E-state index contributed by atoms with van der Waals surface area (Å²) < 4.78 is 5.27. The van der Waals surface area contributed by atoms with Crippen LogP contribution in [0.2, 0.25) is 0 Å². The molecule has 0 fully saturated rings. The molecule has 0 unspecified atom stereocenters. The van der Waals surface area contributed by atoms with Gasteiger partial charge >= 0.3 is 0 Å². The van der Waals surface area contributed by atoms with Gasteiger partial charge in [-0.15, -0.1) is 0 Å². The van der Waals surface area contributed by atoms with Crippen molar-refractivity contribution in [3.63, 3.8) is 0 Å². The van der Waals surface area contributed by atoms with Crippen LogP contribution in [0.3, 0.4) is 0 Å². The number of nitrogens with one attached hydrogen (secondary N) is 1. The van der Waals surface area contributed by atoms with Crippen molar-refractivity contribution in [3.05, 3.63) is 35.5 Å². The van der Waals surface area contributed by atoms with Crippen LogP contribution in [-0.4, -0.2) is 23.6 Å². The van der Waals surface area contributed by atoms with Crippen molar-refractivity contribution in [2.75, 3.05) is 19.0 Å². The number of ether oxygens (including phenoxy) is 1. The van der Waals surface area contributed by atoms with Gasteiger partial charge in [-0.05, 0) is 44.5 Å². The highest BCUT2D eigenvalue weighted by molar-refractivity contribution is 5.60. The number of aryl methyl sites for hydroxylation is 2. The highest BCUT2D eigenvalue weighted by Gasteiger charge is 2.07. The molecule has 100 valence electrons. The molecule has 0 aliphatic carbocycles. The largest absolute Gasteiger partial charge is 0.496 e. The number of benzene rings is 1. The van der Waals surface area contributed by atoms with Gasteiger partial charge in [-0.25, -0.2) is 9.97 Å². The van der Waals surface area contributed by atoms with E-state index >= 15 is 0 Å². The maximum absolute atomic E-state index is 5.27. The molecule has 1 N–H and O–H groups in total. The molecule has 0 atom stereocenters. The second-order valence-corrected chi connectivity index (χ2v) is 4.43. The average molecular weight is 257 g/mol. The van der Waals surface area contributed by atoms with Gasteiger partial charge < -0.3 is 10.1 Å². The van der Waals surface area contributed by atoms with Crippen molar-refractivity contribution in [2.24, 2.45) is 0 Å². The Morgan fingerprint density at radius 1 is 1.16 bits per heavy atom. The molecule has 19 heavy (non-hydrogen) atoms. The van der Waals surface area contributed by atoms with Crippen LogP contribution in [0.1, 0.15) is 18.2 Å². The molecule has 0 amide bonds. The number of rotatable bonds is 4. The lowest BCUT2D eigenvalue weighted by molar-refractivity contribution is 0.412. The smallest absolute Gasteiger partial charge is 0.161 e. The minimum absolute atomic E-state index is 0.738. The molecule has 0 saturated carbocycles. The number of hydrogen-bond acceptors (Lipinski definition) is 4. The van der Waals surface area contributed by atoms with Crippen LogP contribution >= 0.6 is 0 Å². The van der Waals surface area contributed by atoms with Crippen LogP contribution in [0.15, 0.2) is 24.3 Å². The monoisotopic (exact) mass is 257 g/mol. The fourth-order valence-corrected chi connectivity index (χ4v) is 1.99. The zero-order valence-corrected chi connectivity index (χ0v) is 11.8. The Hall–Kier alpha value is -2.10. The van der Waals surface area contributed by atoms with Gasteiger partial charge in [0.15, 0.2) is 5.82 Å². The molecule has 4 nitrogen and oxygen atoms in total. The van der Waals surface area contributed by atoms with Crippen molar-refractivity contribution in [1.29, 1.82) is 0 Å². The second-order valence-electron chi connectivity index (χ2n) is 4.43. The molecule has 1 aromatic heterocycles. The Kier molecular flexibility index (Phi) is 4.00. The first kappa shape index (κ1) is 13.3. The van der Waals surface area contributed by atoms with E-state index in [2.05, 4.69) is 22.2 Å². The zero-order valence-electron chi connectivity index (χ0n) is 11.8. The summed E-state index contributed by atoms with van der Waals surface area (Å²) in [6.07, 6.45) is 0. The van der Waals surface area contributed by atoms with E-state index in [0.29, 0.717) is 0 Å².